The molecule has 2 amide bonds. The fourth-order valence-electron chi connectivity index (χ4n) is 1.78. The van der Waals surface area contributed by atoms with E-state index in [1.54, 1.807) is 19.1 Å². The van der Waals surface area contributed by atoms with E-state index in [4.69, 9.17) is 5.73 Å². The van der Waals surface area contributed by atoms with Gasteiger partial charge in [-0.1, -0.05) is 6.07 Å². The van der Waals surface area contributed by atoms with E-state index < -0.39 is 17.6 Å². The molecule has 0 unspecified atom stereocenters. The standard InChI is InChI=1S/C15H13FN2O2/c1-9-7-10(14(17)19)5-6-13(9)18-15(20)11-3-2-4-12(16)8-11/h2-8H,1H3,(H2,17,19)(H,18,20). The molecule has 0 saturated heterocycles. The van der Waals surface area contributed by atoms with Gasteiger partial charge in [0.25, 0.3) is 5.91 Å². The summed E-state index contributed by atoms with van der Waals surface area (Å²) in [5, 5.41) is 2.66. The summed E-state index contributed by atoms with van der Waals surface area (Å²) in [5.74, 6) is -1.42. The Labute approximate surface area is 115 Å². The molecule has 0 aromatic heterocycles. The van der Waals surface area contributed by atoms with Crippen LogP contribution in [0, 0.1) is 12.7 Å². The zero-order valence-electron chi connectivity index (χ0n) is 10.8. The third-order valence-corrected chi connectivity index (χ3v) is 2.85. The van der Waals surface area contributed by atoms with E-state index in [2.05, 4.69) is 5.32 Å². The molecule has 0 bridgehead atoms. The van der Waals surface area contributed by atoms with Crippen LogP contribution < -0.4 is 11.1 Å². The van der Waals surface area contributed by atoms with Gasteiger partial charge in [-0.2, -0.15) is 0 Å². The predicted octanol–water partition coefficient (Wildman–Crippen LogP) is 2.49. The molecule has 0 aliphatic rings. The first kappa shape index (κ1) is 13.7. The van der Waals surface area contributed by atoms with E-state index in [9.17, 15) is 14.0 Å². The lowest BCUT2D eigenvalue weighted by molar-refractivity contribution is 0.0998. The van der Waals surface area contributed by atoms with Crippen LogP contribution in [0.15, 0.2) is 42.5 Å². The van der Waals surface area contributed by atoms with Crippen molar-refractivity contribution in [3.05, 3.63) is 65.0 Å². The molecule has 102 valence electrons. The number of primary amides is 1. The topological polar surface area (TPSA) is 72.2 Å². The normalized spacial score (nSPS) is 10.1. The third kappa shape index (κ3) is 3.00. The van der Waals surface area contributed by atoms with E-state index >= 15 is 0 Å². The van der Waals surface area contributed by atoms with Crippen molar-refractivity contribution in [1.82, 2.24) is 0 Å². The van der Waals surface area contributed by atoms with Gasteiger partial charge in [0.2, 0.25) is 5.91 Å². The summed E-state index contributed by atoms with van der Waals surface area (Å²) >= 11 is 0. The molecule has 2 aromatic carbocycles. The van der Waals surface area contributed by atoms with Crippen molar-refractivity contribution >= 4 is 17.5 Å². The second-order valence-corrected chi connectivity index (χ2v) is 4.36. The quantitative estimate of drug-likeness (QED) is 0.901. The fraction of sp³-hybridized carbons (Fsp3) is 0.0667. The minimum absolute atomic E-state index is 0.225. The van der Waals surface area contributed by atoms with Gasteiger partial charge in [-0.05, 0) is 48.9 Å². The molecule has 20 heavy (non-hydrogen) atoms. The Bertz CT molecular complexity index is 683. The van der Waals surface area contributed by atoms with Gasteiger partial charge < -0.3 is 11.1 Å². The molecule has 3 N–H and O–H groups in total. The third-order valence-electron chi connectivity index (χ3n) is 2.85. The van der Waals surface area contributed by atoms with Gasteiger partial charge in [0.15, 0.2) is 0 Å². The molecule has 2 aromatic rings. The fourth-order valence-corrected chi connectivity index (χ4v) is 1.78. The number of amides is 2. The van der Waals surface area contributed by atoms with E-state index in [0.717, 1.165) is 6.07 Å². The average Bonchev–Trinajstić information content (AvgIpc) is 2.40. The van der Waals surface area contributed by atoms with E-state index in [1.165, 1.54) is 24.3 Å². The predicted molar refractivity (Wildman–Crippen MR) is 74.1 cm³/mol. The first-order valence-electron chi connectivity index (χ1n) is 5.95. The Morgan fingerprint density at radius 3 is 2.45 bits per heavy atom. The van der Waals surface area contributed by atoms with Gasteiger partial charge in [0, 0.05) is 16.8 Å². The van der Waals surface area contributed by atoms with E-state index in [0.29, 0.717) is 16.8 Å². The SMILES string of the molecule is Cc1cc(C(N)=O)ccc1NC(=O)c1cccc(F)c1. The van der Waals surface area contributed by atoms with Crippen molar-refractivity contribution in [2.45, 2.75) is 6.92 Å². The molecule has 4 nitrogen and oxygen atoms in total. The highest BCUT2D eigenvalue weighted by atomic mass is 19.1. The van der Waals surface area contributed by atoms with Gasteiger partial charge in [0.05, 0.1) is 0 Å². The number of nitrogens with one attached hydrogen (secondary N) is 1. The Balaban J connectivity index is 2.22. The molecule has 0 saturated carbocycles. The highest BCUT2D eigenvalue weighted by molar-refractivity contribution is 6.05. The Morgan fingerprint density at radius 2 is 1.85 bits per heavy atom. The van der Waals surface area contributed by atoms with Crippen molar-refractivity contribution in [1.29, 1.82) is 0 Å². The molecule has 0 spiro atoms. The summed E-state index contributed by atoms with van der Waals surface area (Å²) in [7, 11) is 0. The average molecular weight is 272 g/mol. The van der Waals surface area contributed by atoms with Gasteiger partial charge in [-0.15, -0.1) is 0 Å². The van der Waals surface area contributed by atoms with Crippen molar-refractivity contribution in [2.75, 3.05) is 5.32 Å². The summed E-state index contributed by atoms with van der Waals surface area (Å²) in [6, 6.07) is 10.1. The number of nitrogens with two attached hydrogens (primary N) is 1. The first-order chi connectivity index (χ1) is 9.47. The van der Waals surface area contributed by atoms with Crippen LogP contribution in [0.1, 0.15) is 26.3 Å². The molecular formula is C15H13FN2O2. The van der Waals surface area contributed by atoms with Crippen LogP contribution in [-0.4, -0.2) is 11.8 Å². The number of anilines is 1. The van der Waals surface area contributed by atoms with E-state index in [1.807, 2.05) is 0 Å². The Kier molecular flexibility index (Phi) is 3.79. The maximum Gasteiger partial charge on any atom is 0.255 e. The van der Waals surface area contributed by atoms with Gasteiger partial charge in [0.1, 0.15) is 5.82 Å². The number of carbonyl (C=O) groups excluding carboxylic acids is 2. The molecule has 5 heteroatoms. The Morgan fingerprint density at radius 1 is 1.10 bits per heavy atom. The van der Waals surface area contributed by atoms with Crippen molar-refractivity contribution in [3.8, 4) is 0 Å². The lowest BCUT2D eigenvalue weighted by Gasteiger charge is -2.09. The van der Waals surface area contributed by atoms with Crippen LogP contribution in [-0.2, 0) is 0 Å². The first-order valence-corrected chi connectivity index (χ1v) is 5.95. The lowest BCUT2D eigenvalue weighted by atomic mass is 10.1. The zero-order chi connectivity index (χ0) is 14.7. The monoisotopic (exact) mass is 272 g/mol. The Hall–Kier alpha value is -2.69. The second kappa shape index (κ2) is 5.52. The highest BCUT2D eigenvalue weighted by Gasteiger charge is 2.10. The van der Waals surface area contributed by atoms with E-state index in [-0.39, 0.29) is 5.56 Å². The summed E-state index contributed by atoms with van der Waals surface area (Å²) in [6.07, 6.45) is 0. The molecule has 0 atom stereocenters. The van der Waals surface area contributed by atoms with Crippen molar-refractivity contribution in [3.63, 3.8) is 0 Å². The summed E-state index contributed by atoms with van der Waals surface area (Å²) in [6.45, 7) is 1.74. The number of halogens is 1. The smallest absolute Gasteiger partial charge is 0.255 e. The van der Waals surface area contributed by atoms with Crippen molar-refractivity contribution < 1.29 is 14.0 Å². The summed E-state index contributed by atoms with van der Waals surface area (Å²) in [5.41, 5.74) is 7.01. The molecule has 0 aliphatic heterocycles. The highest BCUT2D eigenvalue weighted by Crippen LogP contribution is 2.17. The maximum absolute atomic E-state index is 13.1. The molecule has 0 fully saturated rings. The summed E-state index contributed by atoms with van der Waals surface area (Å²) < 4.78 is 13.1. The molecule has 0 radical (unpaired) electrons. The number of hydrogen-bond donors (Lipinski definition) is 2. The van der Waals surface area contributed by atoms with Gasteiger partial charge >= 0.3 is 0 Å². The number of hydrogen-bond acceptors (Lipinski definition) is 2. The molecular weight excluding hydrogens is 259 g/mol. The van der Waals surface area contributed by atoms with Crippen molar-refractivity contribution in [2.24, 2.45) is 5.73 Å². The number of rotatable bonds is 3. The van der Waals surface area contributed by atoms with Crippen LogP contribution in [0.3, 0.4) is 0 Å². The largest absolute Gasteiger partial charge is 0.366 e. The maximum atomic E-state index is 13.1. The lowest BCUT2D eigenvalue weighted by Crippen LogP contribution is -2.14. The van der Waals surface area contributed by atoms with Crippen LogP contribution >= 0.6 is 0 Å². The molecule has 0 heterocycles. The molecule has 2 rings (SSSR count). The second-order valence-electron chi connectivity index (χ2n) is 4.36. The summed E-state index contributed by atoms with van der Waals surface area (Å²) in [4.78, 5) is 23.0. The zero-order valence-corrected chi connectivity index (χ0v) is 10.8. The van der Waals surface area contributed by atoms with Crippen LogP contribution in [0.25, 0.3) is 0 Å². The van der Waals surface area contributed by atoms with Crippen LogP contribution in [0.4, 0.5) is 10.1 Å². The minimum Gasteiger partial charge on any atom is -0.366 e. The van der Waals surface area contributed by atoms with Crippen LogP contribution in [0.2, 0.25) is 0 Å². The van der Waals surface area contributed by atoms with Crippen LogP contribution in [0.5, 0.6) is 0 Å². The van der Waals surface area contributed by atoms with Gasteiger partial charge in [-0.3, -0.25) is 9.59 Å². The molecule has 0 aliphatic carbocycles. The number of aryl methyl sites for hydroxylation is 1. The minimum atomic E-state index is -0.531. The van der Waals surface area contributed by atoms with Gasteiger partial charge in [-0.25, -0.2) is 4.39 Å². The number of benzene rings is 2. The number of carbonyl (C=O) groups is 2.